The van der Waals surface area contributed by atoms with Crippen molar-refractivity contribution in [2.24, 2.45) is 5.73 Å². The third-order valence-corrected chi connectivity index (χ3v) is 4.65. The van der Waals surface area contributed by atoms with Crippen LogP contribution in [-0.2, 0) is 4.79 Å². The topological polar surface area (TPSA) is 58.4 Å². The average molecular weight is 267 g/mol. The van der Waals surface area contributed by atoms with E-state index in [9.17, 15) is 4.79 Å². The van der Waals surface area contributed by atoms with Crippen molar-refractivity contribution in [3.8, 4) is 0 Å². The molecule has 2 atom stereocenters. The average Bonchev–Trinajstić information content (AvgIpc) is 2.39. The molecule has 0 radical (unpaired) electrons. The van der Waals surface area contributed by atoms with Crippen LogP contribution in [0.15, 0.2) is 0 Å². The lowest BCUT2D eigenvalue weighted by Gasteiger charge is -2.36. The lowest BCUT2D eigenvalue weighted by atomic mass is 9.95. The van der Waals surface area contributed by atoms with E-state index in [1.54, 1.807) is 0 Å². The van der Waals surface area contributed by atoms with Crippen molar-refractivity contribution in [2.45, 2.75) is 76.4 Å². The highest BCUT2D eigenvalue weighted by atomic mass is 16.1. The van der Waals surface area contributed by atoms with Gasteiger partial charge in [0.05, 0.1) is 0 Å². The Morgan fingerprint density at radius 2 is 2.00 bits per heavy atom. The second-order valence-corrected chi connectivity index (χ2v) is 6.32. The van der Waals surface area contributed by atoms with Crippen molar-refractivity contribution < 1.29 is 4.79 Å². The summed E-state index contributed by atoms with van der Waals surface area (Å²) in [6.45, 7) is 4.14. The number of carbonyl (C=O) groups excluding carboxylic acids is 1. The number of nitrogens with one attached hydrogen (secondary N) is 1. The van der Waals surface area contributed by atoms with E-state index in [-0.39, 0.29) is 5.91 Å². The molecule has 110 valence electrons. The van der Waals surface area contributed by atoms with Gasteiger partial charge in [0.1, 0.15) is 0 Å². The lowest BCUT2D eigenvalue weighted by molar-refractivity contribution is -0.122. The normalized spacial score (nSPS) is 30.2. The number of likely N-dealkylation sites (tertiary alicyclic amines) is 1. The van der Waals surface area contributed by atoms with E-state index >= 15 is 0 Å². The highest BCUT2D eigenvalue weighted by Gasteiger charge is 2.23. The molecule has 19 heavy (non-hydrogen) atoms. The summed E-state index contributed by atoms with van der Waals surface area (Å²) < 4.78 is 0. The van der Waals surface area contributed by atoms with E-state index in [1.807, 2.05) is 0 Å². The lowest BCUT2D eigenvalue weighted by Crippen LogP contribution is -2.47. The predicted molar refractivity (Wildman–Crippen MR) is 77.9 cm³/mol. The predicted octanol–water partition coefficient (Wildman–Crippen LogP) is 1.64. The summed E-state index contributed by atoms with van der Waals surface area (Å²) in [5.41, 5.74) is 5.96. The van der Waals surface area contributed by atoms with E-state index in [2.05, 4.69) is 17.1 Å². The Balaban J connectivity index is 1.65. The zero-order valence-corrected chi connectivity index (χ0v) is 12.2. The molecule has 1 amide bonds. The minimum atomic E-state index is 0.231. The smallest absolute Gasteiger partial charge is 0.221 e. The molecule has 3 N–H and O–H groups in total. The van der Waals surface area contributed by atoms with Gasteiger partial charge in [-0.25, -0.2) is 0 Å². The zero-order valence-electron chi connectivity index (χ0n) is 12.2. The molecule has 1 saturated heterocycles. The van der Waals surface area contributed by atoms with Crippen molar-refractivity contribution in [2.75, 3.05) is 13.1 Å². The molecule has 2 rings (SSSR count). The number of piperidine rings is 1. The maximum absolute atomic E-state index is 12.0. The molecule has 0 aromatic heterocycles. The van der Waals surface area contributed by atoms with Crippen LogP contribution in [0.1, 0.15) is 58.3 Å². The first-order chi connectivity index (χ1) is 9.15. The Hall–Kier alpha value is -0.610. The summed E-state index contributed by atoms with van der Waals surface area (Å²) in [5, 5.41) is 3.19. The van der Waals surface area contributed by atoms with Crippen LogP contribution in [-0.4, -0.2) is 42.0 Å². The number of nitrogens with two attached hydrogens (primary N) is 1. The van der Waals surface area contributed by atoms with Gasteiger partial charge in [0.15, 0.2) is 0 Å². The maximum atomic E-state index is 12.0. The Bertz CT molecular complexity index is 289. The molecular weight excluding hydrogens is 238 g/mol. The van der Waals surface area contributed by atoms with E-state index in [0.717, 1.165) is 25.9 Å². The minimum absolute atomic E-state index is 0.231. The Kier molecular flexibility index (Phi) is 5.64. The van der Waals surface area contributed by atoms with Crippen LogP contribution in [0.5, 0.6) is 0 Å². The van der Waals surface area contributed by atoms with Crippen LogP contribution in [0.25, 0.3) is 0 Å². The largest absolute Gasteiger partial charge is 0.353 e. The molecule has 2 fully saturated rings. The van der Waals surface area contributed by atoms with Gasteiger partial charge in [0.2, 0.25) is 5.91 Å². The summed E-state index contributed by atoms with van der Waals surface area (Å²) in [6.07, 6.45) is 8.96. The number of carbonyl (C=O) groups is 1. The molecule has 0 bridgehead atoms. The molecular formula is C15H29N3O. The van der Waals surface area contributed by atoms with Crippen LogP contribution < -0.4 is 11.1 Å². The monoisotopic (exact) mass is 267 g/mol. The van der Waals surface area contributed by atoms with Crippen molar-refractivity contribution in [1.82, 2.24) is 10.2 Å². The summed E-state index contributed by atoms with van der Waals surface area (Å²) in [5.74, 6) is 0.231. The van der Waals surface area contributed by atoms with Gasteiger partial charge >= 0.3 is 0 Å². The van der Waals surface area contributed by atoms with Gasteiger partial charge in [0.25, 0.3) is 0 Å². The number of amides is 1. The number of rotatable bonds is 4. The fraction of sp³-hybridized carbons (Fsp3) is 0.933. The van der Waals surface area contributed by atoms with Crippen molar-refractivity contribution in [3.05, 3.63) is 0 Å². The van der Waals surface area contributed by atoms with Crippen LogP contribution in [0.4, 0.5) is 0 Å². The fourth-order valence-corrected chi connectivity index (χ4v) is 3.38. The number of nitrogens with zero attached hydrogens (tertiary/aromatic N) is 1. The molecule has 1 heterocycles. The van der Waals surface area contributed by atoms with Gasteiger partial charge in [-0.2, -0.15) is 0 Å². The summed E-state index contributed by atoms with van der Waals surface area (Å²) >= 11 is 0. The molecule has 4 heteroatoms. The van der Waals surface area contributed by atoms with Gasteiger partial charge in [-0.1, -0.05) is 19.3 Å². The fourth-order valence-electron chi connectivity index (χ4n) is 3.38. The first-order valence-corrected chi connectivity index (χ1v) is 7.94. The third kappa shape index (κ3) is 4.77. The van der Waals surface area contributed by atoms with Crippen LogP contribution >= 0.6 is 0 Å². The third-order valence-electron chi connectivity index (χ3n) is 4.65. The quantitative estimate of drug-likeness (QED) is 0.814. The van der Waals surface area contributed by atoms with Crippen molar-refractivity contribution in [1.29, 1.82) is 0 Å². The highest BCUT2D eigenvalue weighted by molar-refractivity contribution is 5.76. The first kappa shape index (κ1) is 14.8. The maximum Gasteiger partial charge on any atom is 0.221 e. The van der Waals surface area contributed by atoms with Gasteiger partial charge in [-0.15, -0.1) is 0 Å². The minimum Gasteiger partial charge on any atom is -0.353 e. The van der Waals surface area contributed by atoms with Crippen LogP contribution in [0, 0.1) is 0 Å². The summed E-state index contributed by atoms with van der Waals surface area (Å²) in [6, 6.07) is 1.31. The molecule has 0 aromatic carbocycles. The van der Waals surface area contributed by atoms with E-state index < -0.39 is 0 Å². The number of hydrogen-bond acceptors (Lipinski definition) is 3. The molecule has 1 saturated carbocycles. The second-order valence-electron chi connectivity index (χ2n) is 6.32. The van der Waals surface area contributed by atoms with E-state index in [1.165, 1.54) is 32.1 Å². The van der Waals surface area contributed by atoms with Crippen LogP contribution in [0.3, 0.4) is 0 Å². The molecule has 2 aliphatic rings. The van der Waals surface area contributed by atoms with Gasteiger partial charge < -0.3 is 16.0 Å². The molecule has 1 aliphatic heterocycles. The summed E-state index contributed by atoms with van der Waals surface area (Å²) in [7, 11) is 0. The van der Waals surface area contributed by atoms with Gasteiger partial charge in [-0.05, 0) is 39.2 Å². The standard InChI is InChI=1S/C15H29N3O/c1-12-11-13(16)7-9-18(12)10-8-15(19)17-14-5-3-2-4-6-14/h12-14H,2-11,16H2,1H3,(H,17,19). The van der Waals surface area contributed by atoms with Gasteiger partial charge in [-0.3, -0.25) is 4.79 Å². The number of hydrogen-bond donors (Lipinski definition) is 2. The Morgan fingerprint density at radius 3 is 2.68 bits per heavy atom. The Labute approximate surface area is 117 Å². The van der Waals surface area contributed by atoms with Crippen molar-refractivity contribution >= 4 is 5.91 Å². The molecule has 0 spiro atoms. The van der Waals surface area contributed by atoms with Crippen molar-refractivity contribution in [3.63, 3.8) is 0 Å². The SMILES string of the molecule is CC1CC(N)CCN1CCC(=O)NC1CCCCC1. The summed E-state index contributed by atoms with van der Waals surface area (Å²) in [4.78, 5) is 14.4. The molecule has 0 aromatic rings. The molecule has 2 unspecified atom stereocenters. The first-order valence-electron chi connectivity index (χ1n) is 7.94. The zero-order chi connectivity index (χ0) is 13.7. The highest BCUT2D eigenvalue weighted by Crippen LogP contribution is 2.18. The van der Waals surface area contributed by atoms with Gasteiger partial charge in [0, 0.05) is 31.1 Å². The molecule has 1 aliphatic carbocycles. The Morgan fingerprint density at radius 1 is 1.26 bits per heavy atom. The van der Waals surface area contributed by atoms with E-state index in [0.29, 0.717) is 24.5 Å². The van der Waals surface area contributed by atoms with Crippen LogP contribution in [0.2, 0.25) is 0 Å². The molecule has 4 nitrogen and oxygen atoms in total. The second kappa shape index (κ2) is 7.25. The van der Waals surface area contributed by atoms with E-state index in [4.69, 9.17) is 5.73 Å².